The summed E-state index contributed by atoms with van der Waals surface area (Å²) < 4.78 is 0. The van der Waals surface area contributed by atoms with Crippen LogP contribution in [0.1, 0.15) is 65.7 Å². The normalized spacial score (nSPS) is 50.6. The molecule has 4 unspecified atom stereocenters. The van der Waals surface area contributed by atoms with E-state index in [9.17, 15) is 14.7 Å². The van der Waals surface area contributed by atoms with Crippen LogP contribution in [0.3, 0.4) is 0 Å². The maximum absolute atomic E-state index is 12.2. The number of rotatable bonds is 1. The molecule has 3 heteroatoms. The molecule has 0 radical (unpaired) electrons. The van der Waals surface area contributed by atoms with Crippen LogP contribution in [0.2, 0.25) is 0 Å². The SMILES string of the molecule is CC(=O)[C@H]1CCC2C3CCC4=CC(=O)CC[C@]4(C)C3C(O)C[C@@]21C. The number of fused-ring (bicyclic) bond motifs is 5. The molecule has 0 aliphatic heterocycles. The van der Waals surface area contributed by atoms with Gasteiger partial charge in [0.2, 0.25) is 0 Å². The number of carbonyl (C=O) groups is 2. The van der Waals surface area contributed by atoms with Crippen molar-refractivity contribution in [2.45, 2.75) is 71.8 Å². The van der Waals surface area contributed by atoms with Crippen LogP contribution in [0.5, 0.6) is 0 Å². The summed E-state index contributed by atoms with van der Waals surface area (Å²) >= 11 is 0. The van der Waals surface area contributed by atoms with E-state index in [1.807, 2.05) is 6.08 Å². The Balaban J connectivity index is 1.72. The van der Waals surface area contributed by atoms with Crippen LogP contribution in [0.15, 0.2) is 11.6 Å². The van der Waals surface area contributed by atoms with Gasteiger partial charge in [-0.1, -0.05) is 19.4 Å². The molecule has 3 fully saturated rings. The van der Waals surface area contributed by atoms with Gasteiger partial charge < -0.3 is 5.11 Å². The first-order valence-electron chi connectivity index (χ1n) is 9.70. The Kier molecular flexibility index (Phi) is 3.62. The van der Waals surface area contributed by atoms with E-state index in [1.54, 1.807) is 6.92 Å². The largest absolute Gasteiger partial charge is 0.393 e. The minimum Gasteiger partial charge on any atom is -0.393 e. The van der Waals surface area contributed by atoms with Gasteiger partial charge in [0.25, 0.3) is 0 Å². The minimum absolute atomic E-state index is 0.0219. The van der Waals surface area contributed by atoms with Crippen molar-refractivity contribution in [3.63, 3.8) is 0 Å². The number of aliphatic hydroxyl groups is 1. The molecule has 0 aromatic rings. The highest BCUT2D eigenvalue weighted by Gasteiger charge is 2.62. The highest BCUT2D eigenvalue weighted by Crippen LogP contribution is 2.66. The van der Waals surface area contributed by atoms with Gasteiger partial charge >= 0.3 is 0 Å². The van der Waals surface area contributed by atoms with Gasteiger partial charge in [0.1, 0.15) is 5.78 Å². The van der Waals surface area contributed by atoms with E-state index in [4.69, 9.17) is 0 Å². The van der Waals surface area contributed by atoms with Crippen molar-refractivity contribution in [2.24, 2.45) is 34.5 Å². The Morgan fingerprint density at radius 3 is 2.67 bits per heavy atom. The molecule has 3 saturated carbocycles. The molecular formula is C21H30O3. The number of ketones is 2. The molecule has 4 aliphatic rings. The van der Waals surface area contributed by atoms with Crippen molar-refractivity contribution in [2.75, 3.05) is 0 Å². The lowest BCUT2D eigenvalue weighted by molar-refractivity contribution is -0.143. The minimum atomic E-state index is -0.349. The van der Waals surface area contributed by atoms with Gasteiger partial charge in [0.15, 0.2) is 5.78 Å². The molecule has 0 spiro atoms. The van der Waals surface area contributed by atoms with E-state index in [2.05, 4.69) is 13.8 Å². The summed E-state index contributed by atoms with van der Waals surface area (Å²) in [4.78, 5) is 24.0. The summed E-state index contributed by atoms with van der Waals surface area (Å²) in [5.74, 6) is 1.99. The van der Waals surface area contributed by atoms with Crippen molar-refractivity contribution in [3.8, 4) is 0 Å². The first-order chi connectivity index (χ1) is 11.3. The predicted molar refractivity (Wildman–Crippen MR) is 92.3 cm³/mol. The van der Waals surface area contributed by atoms with Crippen molar-refractivity contribution in [1.82, 2.24) is 0 Å². The molecule has 0 heterocycles. The van der Waals surface area contributed by atoms with Crippen LogP contribution in [-0.2, 0) is 9.59 Å². The van der Waals surface area contributed by atoms with Gasteiger partial charge in [0.05, 0.1) is 6.10 Å². The smallest absolute Gasteiger partial charge is 0.155 e. The van der Waals surface area contributed by atoms with Gasteiger partial charge in [0, 0.05) is 12.3 Å². The lowest BCUT2D eigenvalue weighted by Gasteiger charge is -2.59. The molecule has 1 N–H and O–H groups in total. The Labute approximate surface area is 144 Å². The summed E-state index contributed by atoms with van der Waals surface area (Å²) in [5, 5.41) is 11.2. The number of carbonyl (C=O) groups excluding carboxylic acids is 2. The molecule has 132 valence electrons. The monoisotopic (exact) mass is 330 g/mol. The first kappa shape index (κ1) is 16.5. The third kappa shape index (κ3) is 2.06. The lowest BCUT2D eigenvalue weighted by Crippen LogP contribution is -2.56. The first-order valence-corrected chi connectivity index (χ1v) is 9.70. The van der Waals surface area contributed by atoms with E-state index < -0.39 is 0 Å². The van der Waals surface area contributed by atoms with Gasteiger partial charge in [-0.25, -0.2) is 0 Å². The number of hydrogen-bond donors (Lipinski definition) is 1. The molecule has 0 aromatic heterocycles. The average Bonchev–Trinajstić information content (AvgIpc) is 2.84. The standard InChI is InChI=1S/C21H30O3/c1-12(22)16-6-7-17-15-5-4-13-10-14(23)8-9-20(13,2)19(15)18(24)11-21(16,17)3/h10,15-19,24H,4-9,11H2,1-3H3/t15?,16-,17?,18?,19?,20+,21-/m1/s1. The van der Waals surface area contributed by atoms with Gasteiger partial charge in [-0.05, 0) is 80.1 Å². The van der Waals surface area contributed by atoms with Gasteiger partial charge in [-0.2, -0.15) is 0 Å². The van der Waals surface area contributed by atoms with E-state index in [-0.39, 0.29) is 34.6 Å². The Morgan fingerprint density at radius 2 is 1.96 bits per heavy atom. The molecule has 0 bridgehead atoms. The van der Waals surface area contributed by atoms with Gasteiger partial charge in [-0.3, -0.25) is 9.59 Å². The fourth-order valence-electron chi connectivity index (χ4n) is 7.35. The van der Waals surface area contributed by atoms with Crippen LogP contribution in [0.25, 0.3) is 0 Å². The van der Waals surface area contributed by atoms with Crippen molar-refractivity contribution in [1.29, 1.82) is 0 Å². The second kappa shape index (κ2) is 5.27. The zero-order valence-corrected chi connectivity index (χ0v) is 15.2. The van der Waals surface area contributed by atoms with Crippen LogP contribution in [-0.4, -0.2) is 22.8 Å². The molecular weight excluding hydrogens is 300 g/mol. The zero-order chi connectivity index (χ0) is 17.3. The average molecular weight is 330 g/mol. The summed E-state index contributed by atoms with van der Waals surface area (Å²) in [6.07, 6.45) is 7.97. The Bertz CT molecular complexity index is 621. The molecule has 0 saturated heterocycles. The summed E-state index contributed by atoms with van der Waals surface area (Å²) in [7, 11) is 0. The summed E-state index contributed by atoms with van der Waals surface area (Å²) in [6.45, 7) is 6.27. The molecule has 4 rings (SSSR count). The number of Topliss-reactive ketones (excluding diaryl/α,β-unsaturated/α-hetero) is 1. The quantitative estimate of drug-likeness (QED) is 0.797. The van der Waals surface area contributed by atoms with E-state index in [0.29, 0.717) is 24.0 Å². The maximum atomic E-state index is 12.2. The topological polar surface area (TPSA) is 54.4 Å². The number of allylic oxidation sites excluding steroid dienone is 1. The Morgan fingerprint density at radius 1 is 1.21 bits per heavy atom. The van der Waals surface area contributed by atoms with Crippen LogP contribution in [0, 0.1) is 34.5 Å². The summed E-state index contributed by atoms with van der Waals surface area (Å²) in [6, 6.07) is 0. The fraction of sp³-hybridized carbons (Fsp3) is 0.810. The van der Waals surface area contributed by atoms with Crippen LogP contribution >= 0.6 is 0 Å². The third-order valence-corrected chi connectivity index (χ3v) is 8.38. The van der Waals surface area contributed by atoms with Crippen LogP contribution in [0.4, 0.5) is 0 Å². The third-order valence-electron chi connectivity index (χ3n) is 8.38. The molecule has 0 aromatic carbocycles. The van der Waals surface area contributed by atoms with Crippen molar-refractivity contribution < 1.29 is 14.7 Å². The lowest BCUT2D eigenvalue weighted by atomic mass is 9.46. The summed E-state index contributed by atoms with van der Waals surface area (Å²) in [5.41, 5.74) is 1.23. The highest BCUT2D eigenvalue weighted by atomic mass is 16.3. The van der Waals surface area contributed by atoms with E-state index >= 15 is 0 Å². The van der Waals surface area contributed by atoms with Gasteiger partial charge in [-0.15, -0.1) is 0 Å². The second-order valence-corrected chi connectivity index (χ2v) is 9.41. The van der Waals surface area contributed by atoms with E-state index in [0.717, 1.165) is 38.5 Å². The Hall–Kier alpha value is -0.960. The fourth-order valence-corrected chi connectivity index (χ4v) is 7.35. The molecule has 0 amide bonds. The highest BCUT2D eigenvalue weighted by molar-refractivity contribution is 5.91. The second-order valence-electron chi connectivity index (χ2n) is 9.41. The van der Waals surface area contributed by atoms with Crippen molar-refractivity contribution >= 4 is 11.6 Å². The van der Waals surface area contributed by atoms with Crippen LogP contribution < -0.4 is 0 Å². The van der Waals surface area contributed by atoms with Crippen molar-refractivity contribution in [3.05, 3.63) is 11.6 Å². The maximum Gasteiger partial charge on any atom is 0.155 e. The number of hydrogen-bond acceptors (Lipinski definition) is 3. The zero-order valence-electron chi connectivity index (χ0n) is 15.2. The predicted octanol–water partition coefficient (Wildman–Crippen LogP) is 3.69. The molecule has 24 heavy (non-hydrogen) atoms. The molecule has 7 atom stereocenters. The van der Waals surface area contributed by atoms with E-state index in [1.165, 1.54) is 5.57 Å². The number of aliphatic hydroxyl groups excluding tert-OH is 1. The molecule has 4 aliphatic carbocycles. The molecule has 3 nitrogen and oxygen atoms in total.